The van der Waals surface area contributed by atoms with E-state index in [0.29, 0.717) is 24.0 Å². The summed E-state index contributed by atoms with van der Waals surface area (Å²) in [6.45, 7) is 3.02. The van der Waals surface area contributed by atoms with Gasteiger partial charge in [0.2, 0.25) is 0 Å². The second-order valence-corrected chi connectivity index (χ2v) is 10.3. The van der Waals surface area contributed by atoms with Crippen LogP contribution in [0.1, 0.15) is 69.8 Å². The summed E-state index contributed by atoms with van der Waals surface area (Å²) in [5.41, 5.74) is 0.440. The highest BCUT2D eigenvalue weighted by molar-refractivity contribution is 5.66. The molecule has 0 N–H and O–H groups in total. The van der Waals surface area contributed by atoms with Crippen molar-refractivity contribution in [3.63, 3.8) is 0 Å². The fourth-order valence-electron chi connectivity index (χ4n) is 5.78. The van der Waals surface area contributed by atoms with Crippen molar-refractivity contribution in [2.75, 3.05) is 6.61 Å². The molecular weight excluding hydrogens is 513 g/mol. The van der Waals surface area contributed by atoms with Crippen molar-refractivity contribution in [3.05, 3.63) is 65.5 Å². The maximum absolute atomic E-state index is 15.0. The average molecular weight is 545 g/mol. The predicted octanol–water partition coefficient (Wildman–Crippen LogP) is 9.39. The van der Waals surface area contributed by atoms with E-state index in [1.54, 1.807) is 6.07 Å². The highest BCUT2D eigenvalue weighted by atomic mass is 19.3. The van der Waals surface area contributed by atoms with E-state index in [4.69, 9.17) is 4.74 Å². The molecule has 0 aromatic heterocycles. The summed E-state index contributed by atoms with van der Waals surface area (Å²) in [5.74, 6) is -4.07. The summed E-state index contributed by atoms with van der Waals surface area (Å²) in [4.78, 5) is 0. The van der Waals surface area contributed by atoms with Crippen molar-refractivity contribution >= 4 is 0 Å². The first kappa shape index (κ1) is 28.5. The van der Waals surface area contributed by atoms with Gasteiger partial charge in [-0.3, -0.25) is 0 Å². The first-order valence-electron chi connectivity index (χ1n) is 13.1. The molecule has 2 aromatic carbocycles. The van der Waals surface area contributed by atoms with Gasteiger partial charge in [0.15, 0.2) is 17.4 Å². The number of hydrogen-bond donors (Lipinski definition) is 0. The Morgan fingerprint density at radius 2 is 1.63 bits per heavy atom. The first-order valence-corrected chi connectivity index (χ1v) is 13.1. The van der Waals surface area contributed by atoms with Crippen LogP contribution in [0, 0.1) is 29.3 Å². The van der Waals surface area contributed by atoms with E-state index in [9.17, 15) is 26.3 Å². The molecule has 1 saturated heterocycles. The zero-order valence-electron chi connectivity index (χ0n) is 21.1. The van der Waals surface area contributed by atoms with E-state index in [1.807, 2.05) is 0 Å². The van der Waals surface area contributed by atoms with Gasteiger partial charge in [-0.15, -0.1) is 0 Å². The lowest BCUT2D eigenvalue weighted by Crippen LogP contribution is -2.34. The number of halogens is 7. The normalized spacial score (nSPS) is 24.2. The van der Waals surface area contributed by atoms with Crippen molar-refractivity contribution in [2.24, 2.45) is 11.8 Å². The maximum Gasteiger partial charge on any atom is 0.425 e. The Morgan fingerprint density at radius 1 is 0.947 bits per heavy atom. The van der Waals surface area contributed by atoms with E-state index in [1.165, 1.54) is 31.4 Å². The van der Waals surface area contributed by atoms with Crippen LogP contribution in [0.4, 0.5) is 30.7 Å². The maximum atomic E-state index is 15.0. The largest absolute Gasteiger partial charge is 0.425 e. The number of hydrogen-bond acceptors (Lipinski definition) is 2. The molecule has 2 atom stereocenters. The van der Waals surface area contributed by atoms with Gasteiger partial charge in [0.05, 0.1) is 12.2 Å². The minimum atomic E-state index is -4.63. The highest BCUT2D eigenvalue weighted by Gasteiger charge is 2.34. The van der Waals surface area contributed by atoms with Crippen LogP contribution in [-0.2, 0) is 4.74 Å². The number of ether oxygens (including phenoxy) is 2. The molecule has 0 radical (unpaired) electrons. The third-order valence-electron chi connectivity index (χ3n) is 7.69. The SMILES string of the molecule is CCCC1CCC(C2CCC(c3ccc(-c4cc(F)c(OC(F)(F)C=C(F)F)c(F)c4)c(F)c3)CC2)OC1. The lowest BCUT2D eigenvalue weighted by Gasteiger charge is -2.38. The van der Waals surface area contributed by atoms with Gasteiger partial charge in [-0.2, -0.15) is 17.6 Å². The number of rotatable bonds is 8. The Hall–Kier alpha value is -2.55. The number of benzene rings is 2. The summed E-state index contributed by atoms with van der Waals surface area (Å²) in [6, 6.07) is 5.71. The van der Waals surface area contributed by atoms with Crippen LogP contribution in [0.2, 0.25) is 0 Å². The van der Waals surface area contributed by atoms with E-state index in [2.05, 4.69) is 11.7 Å². The molecule has 2 fully saturated rings. The lowest BCUT2D eigenvalue weighted by atomic mass is 9.75. The molecule has 0 bridgehead atoms. The van der Waals surface area contributed by atoms with Gasteiger partial charge in [0, 0.05) is 12.2 Å². The molecule has 1 aliphatic heterocycles. The van der Waals surface area contributed by atoms with Gasteiger partial charge < -0.3 is 9.47 Å². The van der Waals surface area contributed by atoms with Crippen molar-refractivity contribution < 1.29 is 40.2 Å². The standard InChI is InChI=1S/C29H31F7O2/c1-2-3-17-4-11-26(37-16-17)19-7-5-18(6-8-19)20-9-10-22(23(30)12-20)21-13-24(31)28(25(32)14-21)38-29(35,36)15-27(33)34/h9-10,12-15,17-19,26H,2-8,11,16H2,1H3. The van der Waals surface area contributed by atoms with Gasteiger partial charge in [-0.25, -0.2) is 13.2 Å². The summed E-state index contributed by atoms with van der Waals surface area (Å²) in [5, 5.41) is 0. The lowest BCUT2D eigenvalue weighted by molar-refractivity contribution is -0.137. The van der Waals surface area contributed by atoms with Gasteiger partial charge in [0.25, 0.3) is 6.08 Å². The zero-order chi connectivity index (χ0) is 27.4. The van der Waals surface area contributed by atoms with E-state index in [0.717, 1.165) is 44.3 Å². The monoisotopic (exact) mass is 544 g/mol. The second-order valence-electron chi connectivity index (χ2n) is 10.3. The molecular formula is C29H31F7O2. The van der Waals surface area contributed by atoms with Crippen molar-refractivity contribution in [2.45, 2.75) is 76.4 Å². The van der Waals surface area contributed by atoms with E-state index < -0.39 is 41.5 Å². The molecule has 208 valence electrons. The van der Waals surface area contributed by atoms with Crippen LogP contribution in [-0.4, -0.2) is 18.8 Å². The Bertz CT molecular complexity index is 1110. The Labute approximate surface area is 217 Å². The molecule has 2 aromatic rings. The summed E-state index contributed by atoms with van der Waals surface area (Å²) in [7, 11) is 0. The topological polar surface area (TPSA) is 18.5 Å². The molecule has 2 unspecified atom stereocenters. The zero-order valence-corrected chi connectivity index (χ0v) is 21.1. The minimum absolute atomic E-state index is 0.120. The molecule has 0 spiro atoms. The predicted molar refractivity (Wildman–Crippen MR) is 130 cm³/mol. The van der Waals surface area contributed by atoms with Crippen LogP contribution in [0.15, 0.2) is 42.5 Å². The summed E-state index contributed by atoms with van der Waals surface area (Å²) < 4.78 is 105. The molecule has 9 heteroatoms. The van der Waals surface area contributed by atoms with E-state index >= 15 is 4.39 Å². The number of alkyl halides is 2. The third kappa shape index (κ3) is 6.90. The van der Waals surface area contributed by atoms with Crippen LogP contribution in [0.5, 0.6) is 5.75 Å². The van der Waals surface area contributed by atoms with Crippen LogP contribution >= 0.6 is 0 Å². The third-order valence-corrected chi connectivity index (χ3v) is 7.69. The quantitative estimate of drug-likeness (QED) is 0.308. The Kier molecular flexibility index (Phi) is 9.06. The fourth-order valence-corrected chi connectivity index (χ4v) is 5.78. The van der Waals surface area contributed by atoms with Crippen LogP contribution in [0.3, 0.4) is 0 Å². The molecule has 1 aliphatic carbocycles. The smallest absolute Gasteiger partial charge is 0.423 e. The summed E-state index contributed by atoms with van der Waals surface area (Å²) >= 11 is 0. The average Bonchev–Trinajstić information content (AvgIpc) is 2.86. The van der Waals surface area contributed by atoms with Crippen molar-refractivity contribution in [3.8, 4) is 16.9 Å². The molecule has 1 heterocycles. The minimum Gasteiger partial charge on any atom is -0.423 e. The fraction of sp³-hybridized carbons (Fsp3) is 0.517. The van der Waals surface area contributed by atoms with Crippen molar-refractivity contribution in [1.29, 1.82) is 0 Å². The molecule has 4 rings (SSSR count). The second kappa shape index (κ2) is 12.1. The molecule has 38 heavy (non-hydrogen) atoms. The molecule has 2 nitrogen and oxygen atoms in total. The molecule has 2 aliphatic rings. The Morgan fingerprint density at radius 3 is 2.18 bits per heavy atom. The van der Waals surface area contributed by atoms with Gasteiger partial charge in [0.1, 0.15) is 5.82 Å². The van der Waals surface area contributed by atoms with Crippen molar-refractivity contribution in [1.82, 2.24) is 0 Å². The van der Waals surface area contributed by atoms with Gasteiger partial charge in [-0.05, 0) is 92.0 Å². The van der Waals surface area contributed by atoms with Crippen LogP contribution in [0.25, 0.3) is 11.1 Å². The molecule has 0 amide bonds. The van der Waals surface area contributed by atoms with Gasteiger partial charge in [-0.1, -0.05) is 25.5 Å². The van der Waals surface area contributed by atoms with E-state index in [-0.39, 0.29) is 23.1 Å². The Balaban J connectivity index is 1.41. The summed E-state index contributed by atoms with van der Waals surface area (Å²) in [6.07, 6.45) is 0.428. The van der Waals surface area contributed by atoms with Crippen LogP contribution < -0.4 is 4.74 Å². The first-order chi connectivity index (χ1) is 18.1. The van der Waals surface area contributed by atoms with Gasteiger partial charge >= 0.3 is 6.11 Å². The highest BCUT2D eigenvalue weighted by Crippen LogP contribution is 2.41. The molecule has 1 saturated carbocycles.